The number of fused-ring (bicyclic) bond motifs is 3. The Labute approximate surface area is 169 Å². The van der Waals surface area contributed by atoms with Crippen LogP contribution >= 0.6 is 0 Å². The summed E-state index contributed by atoms with van der Waals surface area (Å²) in [5, 5.41) is 0. The van der Waals surface area contributed by atoms with Gasteiger partial charge >= 0.3 is 5.97 Å². The van der Waals surface area contributed by atoms with E-state index in [-0.39, 0.29) is 23.7 Å². The van der Waals surface area contributed by atoms with Gasteiger partial charge in [0.15, 0.2) is 0 Å². The number of nitrogens with zero attached hydrogens (tertiary/aromatic N) is 1. The van der Waals surface area contributed by atoms with Gasteiger partial charge < -0.3 is 14.4 Å². The molecule has 3 aliphatic rings. The number of para-hydroxylation sites is 1. The number of likely N-dealkylation sites (N-methyl/N-ethyl adjacent to an activating group) is 1. The number of cyclic esters (lactones) is 1. The minimum absolute atomic E-state index is 0.0353. The van der Waals surface area contributed by atoms with Crippen LogP contribution in [0, 0.1) is 11.8 Å². The molecule has 2 aromatic rings. The number of benzene rings is 2. The molecule has 5 heteroatoms. The van der Waals surface area contributed by atoms with E-state index >= 15 is 0 Å². The van der Waals surface area contributed by atoms with Crippen LogP contribution in [0.15, 0.2) is 60.4 Å². The first-order valence-corrected chi connectivity index (χ1v) is 9.89. The van der Waals surface area contributed by atoms with E-state index in [9.17, 15) is 9.59 Å². The largest absolute Gasteiger partial charge is 0.497 e. The molecular weight excluding hydrogens is 366 g/mol. The summed E-state index contributed by atoms with van der Waals surface area (Å²) in [7, 11) is 3.45. The van der Waals surface area contributed by atoms with E-state index in [0.29, 0.717) is 12.2 Å². The third kappa shape index (κ3) is 2.33. The average Bonchev–Trinajstić information content (AvgIpc) is 3.17. The fourth-order valence-corrected chi connectivity index (χ4v) is 5.68. The first-order chi connectivity index (χ1) is 14.0. The molecule has 0 aromatic heterocycles. The zero-order valence-electron chi connectivity index (χ0n) is 16.7. The second-order valence-corrected chi connectivity index (χ2v) is 8.20. The second-order valence-electron chi connectivity index (χ2n) is 8.20. The molecule has 0 unspecified atom stereocenters. The molecule has 148 valence electrons. The highest BCUT2D eigenvalue weighted by Gasteiger charge is 2.65. The van der Waals surface area contributed by atoms with E-state index in [2.05, 4.69) is 0 Å². The number of amides is 1. The summed E-state index contributed by atoms with van der Waals surface area (Å²) in [4.78, 5) is 28.5. The Bertz CT molecular complexity index is 1040. The lowest BCUT2D eigenvalue weighted by molar-refractivity contribution is -0.147. The maximum absolute atomic E-state index is 13.8. The van der Waals surface area contributed by atoms with Crippen LogP contribution in [0.1, 0.15) is 30.4 Å². The van der Waals surface area contributed by atoms with E-state index in [1.807, 2.05) is 61.7 Å². The Morgan fingerprint density at radius 1 is 1.10 bits per heavy atom. The zero-order valence-corrected chi connectivity index (χ0v) is 16.7. The number of hydrogen-bond acceptors (Lipinski definition) is 4. The van der Waals surface area contributed by atoms with Crippen molar-refractivity contribution in [3.63, 3.8) is 0 Å². The molecule has 2 aromatic carbocycles. The number of methoxy groups -OCH3 is 1. The number of esters is 1. The Morgan fingerprint density at radius 3 is 2.55 bits per heavy atom. The highest BCUT2D eigenvalue weighted by molar-refractivity contribution is 6.09. The lowest BCUT2D eigenvalue weighted by Crippen LogP contribution is -2.42. The van der Waals surface area contributed by atoms with Crippen molar-refractivity contribution in [1.29, 1.82) is 0 Å². The molecule has 4 atom stereocenters. The van der Waals surface area contributed by atoms with Crippen molar-refractivity contribution < 1.29 is 19.1 Å². The molecule has 5 rings (SSSR count). The van der Waals surface area contributed by atoms with Gasteiger partial charge in [0, 0.05) is 18.7 Å². The SMILES string of the molecule is COc1ccc([C@@H]2[C@H]3C(=O)OC(C)=C[C@H]3C[C@]23C(=O)N(C)c2ccccc23)cc1. The van der Waals surface area contributed by atoms with Crippen LogP contribution in [0.25, 0.3) is 0 Å². The average molecular weight is 389 g/mol. The summed E-state index contributed by atoms with van der Waals surface area (Å²) in [6, 6.07) is 15.7. The first-order valence-electron chi connectivity index (χ1n) is 9.89. The van der Waals surface area contributed by atoms with Gasteiger partial charge in [-0.05, 0) is 54.7 Å². The molecule has 2 aliphatic heterocycles. The van der Waals surface area contributed by atoms with Crippen LogP contribution in [0.5, 0.6) is 5.75 Å². The van der Waals surface area contributed by atoms with Gasteiger partial charge in [0.1, 0.15) is 11.5 Å². The van der Waals surface area contributed by atoms with Crippen molar-refractivity contribution in [3.8, 4) is 5.75 Å². The van der Waals surface area contributed by atoms with Crippen LogP contribution in [-0.2, 0) is 19.7 Å². The summed E-state index contributed by atoms with van der Waals surface area (Å²) in [6.07, 6.45) is 2.62. The van der Waals surface area contributed by atoms with Crippen molar-refractivity contribution in [3.05, 3.63) is 71.5 Å². The quantitative estimate of drug-likeness (QED) is 0.734. The molecule has 5 nitrogen and oxygen atoms in total. The fraction of sp³-hybridized carbons (Fsp3) is 0.333. The summed E-state index contributed by atoms with van der Waals surface area (Å²) in [6.45, 7) is 1.80. The van der Waals surface area contributed by atoms with Gasteiger partial charge in [-0.1, -0.05) is 30.3 Å². The monoisotopic (exact) mass is 389 g/mol. The van der Waals surface area contributed by atoms with Crippen LogP contribution in [0.4, 0.5) is 5.69 Å². The van der Waals surface area contributed by atoms with Crippen molar-refractivity contribution in [2.45, 2.75) is 24.7 Å². The predicted octanol–water partition coefficient (Wildman–Crippen LogP) is 3.79. The number of rotatable bonds is 2. The second kappa shape index (κ2) is 6.21. The minimum atomic E-state index is -0.782. The number of carbonyl (C=O) groups excluding carboxylic acids is 2. The highest BCUT2D eigenvalue weighted by atomic mass is 16.5. The molecule has 0 radical (unpaired) electrons. The van der Waals surface area contributed by atoms with E-state index < -0.39 is 11.3 Å². The molecule has 1 aliphatic carbocycles. The molecule has 2 heterocycles. The van der Waals surface area contributed by atoms with Gasteiger partial charge in [-0.25, -0.2) is 0 Å². The van der Waals surface area contributed by atoms with Gasteiger partial charge in [0.2, 0.25) is 5.91 Å². The van der Waals surface area contributed by atoms with Gasteiger partial charge in [-0.2, -0.15) is 0 Å². The normalized spacial score (nSPS) is 30.1. The summed E-state index contributed by atoms with van der Waals surface area (Å²) >= 11 is 0. The number of allylic oxidation sites excluding steroid dienone is 2. The first kappa shape index (κ1) is 18.0. The third-order valence-corrected chi connectivity index (χ3v) is 6.80. The Balaban J connectivity index is 1.75. The summed E-state index contributed by atoms with van der Waals surface area (Å²) < 4.78 is 10.8. The Hall–Kier alpha value is -3.08. The standard InChI is InChI=1S/C24H23NO4/c1-14-12-16-13-24(18-6-4-5-7-19(18)25(2)23(24)27)21(20(16)22(26)29-14)15-8-10-17(28-3)11-9-15/h4-12,16,20-21H,13H2,1-3H3/t16-,20-,21+,24+/m0/s1. The molecule has 0 N–H and O–H groups in total. The molecular formula is C24H23NO4. The van der Waals surface area contributed by atoms with Gasteiger partial charge in [-0.15, -0.1) is 0 Å². The number of carbonyl (C=O) groups is 2. The maximum atomic E-state index is 13.8. The van der Waals surface area contributed by atoms with E-state index in [0.717, 1.165) is 22.6 Å². The highest BCUT2D eigenvalue weighted by Crippen LogP contribution is 2.63. The summed E-state index contributed by atoms with van der Waals surface area (Å²) in [5.74, 6) is 0.444. The van der Waals surface area contributed by atoms with Gasteiger partial charge in [0.25, 0.3) is 0 Å². The van der Waals surface area contributed by atoms with Crippen LogP contribution < -0.4 is 9.64 Å². The third-order valence-electron chi connectivity index (χ3n) is 6.80. The maximum Gasteiger partial charge on any atom is 0.315 e. The van der Waals surface area contributed by atoms with Gasteiger partial charge in [-0.3, -0.25) is 9.59 Å². The zero-order chi connectivity index (χ0) is 20.3. The predicted molar refractivity (Wildman–Crippen MR) is 109 cm³/mol. The Morgan fingerprint density at radius 2 is 1.83 bits per heavy atom. The lowest BCUT2D eigenvalue weighted by Gasteiger charge is -2.33. The molecule has 29 heavy (non-hydrogen) atoms. The van der Waals surface area contributed by atoms with E-state index in [1.54, 1.807) is 18.9 Å². The van der Waals surface area contributed by atoms with Gasteiger partial charge in [0.05, 0.1) is 18.4 Å². The Kier molecular flexibility index (Phi) is 3.85. The number of hydrogen-bond donors (Lipinski definition) is 0. The van der Waals surface area contributed by atoms with E-state index in [1.165, 1.54) is 0 Å². The van der Waals surface area contributed by atoms with Crippen molar-refractivity contribution >= 4 is 17.6 Å². The number of ether oxygens (including phenoxy) is 2. The smallest absolute Gasteiger partial charge is 0.315 e. The number of anilines is 1. The van der Waals surface area contributed by atoms with Crippen LogP contribution in [0.2, 0.25) is 0 Å². The molecule has 1 amide bonds. The van der Waals surface area contributed by atoms with Crippen molar-refractivity contribution in [2.24, 2.45) is 11.8 Å². The lowest BCUT2D eigenvalue weighted by atomic mass is 9.68. The van der Waals surface area contributed by atoms with Crippen molar-refractivity contribution in [1.82, 2.24) is 0 Å². The topological polar surface area (TPSA) is 55.8 Å². The van der Waals surface area contributed by atoms with Crippen LogP contribution in [0.3, 0.4) is 0 Å². The summed E-state index contributed by atoms with van der Waals surface area (Å²) in [5.41, 5.74) is 2.10. The fourth-order valence-electron chi connectivity index (χ4n) is 5.68. The van der Waals surface area contributed by atoms with Crippen LogP contribution in [-0.4, -0.2) is 26.0 Å². The van der Waals surface area contributed by atoms with Crippen molar-refractivity contribution in [2.75, 3.05) is 19.1 Å². The van der Waals surface area contributed by atoms with E-state index in [4.69, 9.17) is 9.47 Å². The molecule has 0 saturated heterocycles. The molecule has 1 fully saturated rings. The minimum Gasteiger partial charge on any atom is -0.497 e. The molecule has 0 bridgehead atoms. The molecule has 1 saturated carbocycles. The molecule has 1 spiro atoms.